The predicted molar refractivity (Wildman–Crippen MR) is 86.7 cm³/mol. The highest BCUT2D eigenvalue weighted by Crippen LogP contribution is 2.14. The average molecular weight is 322 g/mol. The van der Waals surface area contributed by atoms with Crippen molar-refractivity contribution in [3.8, 4) is 5.69 Å². The summed E-state index contributed by atoms with van der Waals surface area (Å²) < 4.78 is 1.68. The molecule has 0 aliphatic carbocycles. The Kier molecular flexibility index (Phi) is 5.51. The maximum Gasteiger partial charge on any atom is 0.251 e. The van der Waals surface area contributed by atoms with Crippen molar-refractivity contribution in [3.05, 3.63) is 42.0 Å². The molecule has 3 rings (SSSR count). The van der Waals surface area contributed by atoms with Crippen LogP contribution in [0.3, 0.4) is 0 Å². The lowest BCUT2D eigenvalue weighted by Crippen LogP contribution is -2.45. The smallest absolute Gasteiger partial charge is 0.251 e. The average Bonchev–Trinajstić information content (AvgIpc) is 3.02. The number of hydrogen-bond donors (Lipinski definition) is 2. The number of piperidine rings is 1. The second-order valence-corrected chi connectivity index (χ2v) is 5.36. The number of nitrogens with zero attached hydrogens (tertiary/aromatic N) is 3. The van der Waals surface area contributed by atoms with Gasteiger partial charge in [-0.3, -0.25) is 4.79 Å². The maximum atomic E-state index is 12.4. The molecule has 7 heteroatoms. The van der Waals surface area contributed by atoms with Gasteiger partial charge in [0.2, 0.25) is 0 Å². The van der Waals surface area contributed by atoms with Crippen molar-refractivity contribution in [2.45, 2.75) is 25.8 Å². The first kappa shape index (κ1) is 16.5. The molecule has 1 atom stereocenters. The molecule has 0 bridgehead atoms. The van der Waals surface area contributed by atoms with Gasteiger partial charge in [-0.1, -0.05) is 0 Å². The molecule has 2 N–H and O–H groups in total. The molecule has 0 spiro atoms. The van der Waals surface area contributed by atoms with Crippen molar-refractivity contribution in [1.29, 1.82) is 0 Å². The van der Waals surface area contributed by atoms with Gasteiger partial charge in [0.25, 0.3) is 5.91 Å². The summed E-state index contributed by atoms with van der Waals surface area (Å²) in [6, 6.07) is 5.90. The third-order valence-corrected chi connectivity index (χ3v) is 3.77. The van der Waals surface area contributed by atoms with Gasteiger partial charge in [0.1, 0.15) is 12.7 Å². The zero-order valence-electron chi connectivity index (χ0n) is 12.5. The molecule has 22 heavy (non-hydrogen) atoms. The van der Waals surface area contributed by atoms with Crippen molar-refractivity contribution < 1.29 is 4.79 Å². The summed E-state index contributed by atoms with van der Waals surface area (Å²) in [5.41, 5.74) is 2.55. The van der Waals surface area contributed by atoms with Gasteiger partial charge in [-0.15, -0.1) is 12.4 Å². The molecule has 1 fully saturated rings. The van der Waals surface area contributed by atoms with Crippen LogP contribution in [0.4, 0.5) is 0 Å². The fourth-order valence-corrected chi connectivity index (χ4v) is 2.62. The topological polar surface area (TPSA) is 71.8 Å². The summed E-state index contributed by atoms with van der Waals surface area (Å²) in [5.74, 6) is -0.00802. The molecular weight excluding hydrogens is 302 g/mol. The number of amides is 1. The van der Waals surface area contributed by atoms with Crippen molar-refractivity contribution in [3.63, 3.8) is 0 Å². The van der Waals surface area contributed by atoms with Gasteiger partial charge in [-0.25, -0.2) is 9.67 Å². The summed E-state index contributed by atoms with van der Waals surface area (Å²) in [7, 11) is 0. The van der Waals surface area contributed by atoms with Gasteiger partial charge in [0.15, 0.2) is 0 Å². The van der Waals surface area contributed by atoms with Gasteiger partial charge in [0.05, 0.1) is 5.69 Å². The largest absolute Gasteiger partial charge is 0.348 e. The molecule has 1 aliphatic heterocycles. The van der Waals surface area contributed by atoms with E-state index < -0.39 is 0 Å². The van der Waals surface area contributed by atoms with Crippen LogP contribution in [0.25, 0.3) is 5.69 Å². The minimum Gasteiger partial charge on any atom is -0.348 e. The van der Waals surface area contributed by atoms with E-state index in [1.54, 1.807) is 11.0 Å². The molecule has 1 amide bonds. The lowest BCUT2D eigenvalue weighted by molar-refractivity contribution is 0.0930. The Morgan fingerprint density at radius 1 is 1.45 bits per heavy atom. The van der Waals surface area contributed by atoms with E-state index in [4.69, 9.17) is 0 Å². The van der Waals surface area contributed by atoms with Crippen molar-refractivity contribution >= 4 is 18.3 Å². The molecule has 6 nitrogen and oxygen atoms in total. The third kappa shape index (κ3) is 3.64. The van der Waals surface area contributed by atoms with E-state index in [0.29, 0.717) is 5.56 Å². The molecule has 0 radical (unpaired) electrons. The molecular formula is C15H20ClN5O. The van der Waals surface area contributed by atoms with Crippen LogP contribution in [0.2, 0.25) is 0 Å². The van der Waals surface area contributed by atoms with E-state index in [1.807, 2.05) is 25.1 Å². The maximum absolute atomic E-state index is 12.4. The summed E-state index contributed by atoms with van der Waals surface area (Å²) >= 11 is 0. The van der Waals surface area contributed by atoms with Gasteiger partial charge >= 0.3 is 0 Å². The Labute approximate surface area is 135 Å². The van der Waals surface area contributed by atoms with E-state index >= 15 is 0 Å². The van der Waals surface area contributed by atoms with E-state index in [2.05, 4.69) is 20.7 Å². The van der Waals surface area contributed by atoms with Gasteiger partial charge in [-0.2, -0.15) is 5.10 Å². The monoisotopic (exact) mass is 321 g/mol. The van der Waals surface area contributed by atoms with Crippen LogP contribution in [0, 0.1) is 6.92 Å². The van der Waals surface area contributed by atoms with Crippen molar-refractivity contribution in [2.24, 2.45) is 0 Å². The molecule has 1 saturated heterocycles. The highest BCUT2D eigenvalue weighted by atomic mass is 35.5. The molecule has 0 saturated carbocycles. The number of aromatic nitrogens is 3. The highest BCUT2D eigenvalue weighted by Gasteiger charge is 2.17. The number of hydrogen-bond acceptors (Lipinski definition) is 4. The highest BCUT2D eigenvalue weighted by molar-refractivity contribution is 5.96. The van der Waals surface area contributed by atoms with E-state index in [1.165, 1.54) is 6.33 Å². The Bertz CT molecular complexity index is 623. The van der Waals surface area contributed by atoms with Crippen LogP contribution in [-0.2, 0) is 0 Å². The summed E-state index contributed by atoms with van der Waals surface area (Å²) in [4.78, 5) is 16.3. The fourth-order valence-electron chi connectivity index (χ4n) is 2.62. The van der Waals surface area contributed by atoms with Crippen molar-refractivity contribution in [2.75, 3.05) is 13.1 Å². The third-order valence-electron chi connectivity index (χ3n) is 3.77. The van der Waals surface area contributed by atoms with Crippen LogP contribution in [0.5, 0.6) is 0 Å². The Hall–Kier alpha value is -1.92. The summed E-state index contributed by atoms with van der Waals surface area (Å²) in [5, 5.41) is 10.5. The van der Waals surface area contributed by atoms with Crippen LogP contribution in [-0.4, -0.2) is 39.8 Å². The molecule has 118 valence electrons. The minimum atomic E-state index is -0.00802. The predicted octanol–water partition coefficient (Wildman–Crippen LogP) is 1.48. The molecule has 1 unspecified atom stereocenters. The fraction of sp³-hybridized carbons (Fsp3) is 0.400. The van der Waals surface area contributed by atoms with Crippen LogP contribution in [0.15, 0.2) is 30.9 Å². The number of aryl methyl sites for hydroxylation is 1. The first-order valence-corrected chi connectivity index (χ1v) is 7.21. The van der Waals surface area contributed by atoms with Gasteiger partial charge in [-0.05, 0) is 50.1 Å². The summed E-state index contributed by atoms with van der Waals surface area (Å²) in [6.45, 7) is 3.83. The zero-order valence-corrected chi connectivity index (χ0v) is 13.3. The molecule has 1 aromatic heterocycles. The number of carbonyl (C=O) groups is 1. The quantitative estimate of drug-likeness (QED) is 0.898. The van der Waals surface area contributed by atoms with Gasteiger partial charge in [0, 0.05) is 18.2 Å². The normalized spacial score (nSPS) is 17.6. The molecule has 2 aromatic rings. The number of halogens is 1. The van der Waals surface area contributed by atoms with Gasteiger partial charge < -0.3 is 10.6 Å². The van der Waals surface area contributed by atoms with E-state index in [0.717, 1.165) is 37.2 Å². The minimum absolute atomic E-state index is 0. The first-order valence-electron chi connectivity index (χ1n) is 7.21. The standard InChI is InChI=1S/C15H19N5O.ClH/c1-11-7-13(20-10-17-9-18-20)4-5-14(11)15(21)19-12-3-2-6-16-8-12;/h4-5,7,9-10,12,16H,2-3,6,8H2,1H3,(H,19,21);1H. The number of carbonyl (C=O) groups excluding carboxylic acids is 1. The van der Waals surface area contributed by atoms with Crippen LogP contribution < -0.4 is 10.6 Å². The Morgan fingerprint density at radius 3 is 2.95 bits per heavy atom. The second-order valence-electron chi connectivity index (χ2n) is 5.36. The lowest BCUT2D eigenvalue weighted by Gasteiger charge is -2.24. The van der Waals surface area contributed by atoms with E-state index in [9.17, 15) is 4.79 Å². The number of rotatable bonds is 3. The summed E-state index contributed by atoms with van der Waals surface area (Å²) in [6.07, 6.45) is 5.28. The SMILES string of the molecule is Cc1cc(-n2cncn2)ccc1C(=O)NC1CCCNC1.Cl. The number of benzene rings is 1. The Balaban J connectivity index is 0.00000176. The Morgan fingerprint density at radius 2 is 2.32 bits per heavy atom. The zero-order chi connectivity index (χ0) is 14.7. The van der Waals surface area contributed by atoms with Crippen LogP contribution in [0.1, 0.15) is 28.8 Å². The lowest BCUT2D eigenvalue weighted by atomic mass is 10.0. The first-order chi connectivity index (χ1) is 10.2. The van der Waals surface area contributed by atoms with E-state index in [-0.39, 0.29) is 24.4 Å². The second kappa shape index (κ2) is 7.38. The molecule has 1 aromatic carbocycles. The van der Waals surface area contributed by atoms with Crippen LogP contribution >= 0.6 is 12.4 Å². The molecule has 1 aliphatic rings. The van der Waals surface area contributed by atoms with Crippen molar-refractivity contribution in [1.82, 2.24) is 25.4 Å². The molecule has 2 heterocycles. The number of nitrogens with one attached hydrogen (secondary N) is 2.